The van der Waals surface area contributed by atoms with E-state index in [0.717, 1.165) is 0 Å². The number of aliphatic carboxylic acids is 1. The first kappa shape index (κ1) is 17.3. The average molecular weight is 314 g/mol. The Balaban J connectivity index is 2.75. The van der Waals surface area contributed by atoms with Gasteiger partial charge in [-0.15, -0.1) is 0 Å². The summed E-state index contributed by atoms with van der Waals surface area (Å²) < 4.78 is 5.45. The molecule has 0 saturated heterocycles. The van der Waals surface area contributed by atoms with Gasteiger partial charge in [-0.1, -0.05) is 23.7 Å². The smallest absolute Gasteiger partial charge is 0.308 e. The standard InChI is InChI=1S/C15H20ClNO4/c1-4-21-14-11(6-5-7-12(14)16)8-13(18)17-10(3)9(2)15(19)20/h5-7,9-10H,4,8H2,1-3H3,(H,17,18)(H,19,20). The van der Waals surface area contributed by atoms with Crippen molar-refractivity contribution in [1.82, 2.24) is 5.32 Å². The molecule has 2 N–H and O–H groups in total. The van der Waals surface area contributed by atoms with Crippen LogP contribution in [0.15, 0.2) is 18.2 Å². The molecule has 0 heterocycles. The molecule has 0 aliphatic heterocycles. The van der Waals surface area contributed by atoms with Crippen molar-refractivity contribution < 1.29 is 19.4 Å². The minimum absolute atomic E-state index is 0.0899. The molecule has 0 bridgehead atoms. The van der Waals surface area contributed by atoms with Crippen molar-refractivity contribution in [2.75, 3.05) is 6.61 Å². The molecule has 21 heavy (non-hydrogen) atoms. The number of amides is 1. The molecule has 0 aliphatic carbocycles. The third kappa shape index (κ3) is 4.93. The van der Waals surface area contributed by atoms with Crippen LogP contribution in [0.25, 0.3) is 0 Å². The fourth-order valence-electron chi connectivity index (χ4n) is 1.82. The first-order valence-electron chi connectivity index (χ1n) is 6.79. The van der Waals surface area contributed by atoms with Gasteiger partial charge in [0.15, 0.2) is 0 Å². The van der Waals surface area contributed by atoms with E-state index >= 15 is 0 Å². The Kier molecular flexibility index (Phi) is 6.49. The number of hydrogen-bond donors (Lipinski definition) is 2. The Morgan fingerprint density at radius 1 is 1.38 bits per heavy atom. The minimum atomic E-state index is -0.944. The van der Waals surface area contributed by atoms with Crippen molar-refractivity contribution in [2.24, 2.45) is 5.92 Å². The normalized spacial score (nSPS) is 13.3. The van der Waals surface area contributed by atoms with Crippen LogP contribution in [0.4, 0.5) is 0 Å². The summed E-state index contributed by atoms with van der Waals surface area (Å²) in [6, 6.07) is 4.76. The molecule has 0 fully saturated rings. The van der Waals surface area contributed by atoms with Crippen molar-refractivity contribution in [3.63, 3.8) is 0 Å². The molecule has 2 atom stereocenters. The molecule has 5 nitrogen and oxygen atoms in total. The fourth-order valence-corrected chi connectivity index (χ4v) is 2.06. The highest BCUT2D eigenvalue weighted by atomic mass is 35.5. The number of rotatable bonds is 7. The van der Waals surface area contributed by atoms with Gasteiger partial charge in [-0.05, 0) is 26.8 Å². The molecule has 0 spiro atoms. The van der Waals surface area contributed by atoms with E-state index in [2.05, 4.69) is 5.32 Å². The molecule has 116 valence electrons. The zero-order valence-electron chi connectivity index (χ0n) is 12.4. The Morgan fingerprint density at radius 2 is 2.05 bits per heavy atom. The maximum atomic E-state index is 12.0. The van der Waals surface area contributed by atoms with E-state index in [0.29, 0.717) is 22.9 Å². The number of carboxylic acids is 1. The van der Waals surface area contributed by atoms with E-state index in [4.69, 9.17) is 21.4 Å². The molecule has 1 aromatic rings. The number of ether oxygens (including phenoxy) is 1. The van der Waals surface area contributed by atoms with E-state index in [9.17, 15) is 9.59 Å². The van der Waals surface area contributed by atoms with Crippen molar-refractivity contribution in [3.8, 4) is 5.75 Å². The summed E-state index contributed by atoms with van der Waals surface area (Å²) in [5, 5.41) is 12.0. The number of benzene rings is 1. The lowest BCUT2D eigenvalue weighted by atomic mass is 10.0. The van der Waals surface area contributed by atoms with Gasteiger partial charge in [0.25, 0.3) is 0 Å². The number of halogens is 1. The molecule has 6 heteroatoms. The Morgan fingerprint density at radius 3 is 2.62 bits per heavy atom. The van der Waals surface area contributed by atoms with Crippen LogP contribution in [0.3, 0.4) is 0 Å². The van der Waals surface area contributed by atoms with Crippen molar-refractivity contribution in [2.45, 2.75) is 33.2 Å². The van der Waals surface area contributed by atoms with Crippen molar-refractivity contribution in [1.29, 1.82) is 0 Å². The minimum Gasteiger partial charge on any atom is -0.492 e. The second kappa shape index (κ2) is 7.88. The number of carboxylic acid groups (broad SMARTS) is 1. The largest absolute Gasteiger partial charge is 0.492 e. The predicted octanol–water partition coefficient (Wildman–Crippen LogP) is 2.51. The molecule has 0 aromatic heterocycles. The Labute approximate surface area is 129 Å². The highest BCUT2D eigenvalue weighted by Crippen LogP contribution is 2.29. The zero-order valence-corrected chi connectivity index (χ0v) is 13.1. The summed E-state index contributed by atoms with van der Waals surface area (Å²) in [4.78, 5) is 22.9. The quantitative estimate of drug-likeness (QED) is 0.811. The van der Waals surface area contributed by atoms with Crippen LogP contribution in [0.5, 0.6) is 5.75 Å². The number of carbonyl (C=O) groups is 2. The number of para-hydroxylation sites is 1. The van der Waals surface area contributed by atoms with Gasteiger partial charge in [-0.3, -0.25) is 9.59 Å². The van der Waals surface area contributed by atoms with E-state index in [-0.39, 0.29) is 12.3 Å². The summed E-state index contributed by atoms with van der Waals surface area (Å²) in [7, 11) is 0. The lowest BCUT2D eigenvalue weighted by Gasteiger charge is -2.18. The van der Waals surface area contributed by atoms with Gasteiger partial charge >= 0.3 is 5.97 Å². The van der Waals surface area contributed by atoms with E-state index < -0.39 is 17.9 Å². The van der Waals surface area contributed by atoms with Crippen LogP contribution >= 0.6 is 11.6 Å². The van der Waals surface area contributed by atoms with E-state index in [1.165, 1.54) is 0 Å². The van der Waals surface area contributed by atoms with Crippen LogP contribution in [-0.2, 0) is 16.0 Å². The molecule has 0 aliphatic rings. The topological polar surface area (TPSA) is 75.6 Å². The molecular weight excluding hydrogens is 294 g/mol. The summed E-state index contributed by atoms with van der Waals surface area (Å²) >= 11 is 6.05. The van der Waals surface area contributed by atoms with Gasteiger partial charge in [0, 0.05) is 11.6 Å². The Hall–Kier alpha value is -1.75. The molecule has 1 amide bonds. The number of hydrogen-bond acceptors (Lipinski definition) is 3. The summed E-state index contributed by atoms with van der Waals surface area (Å²) in [6.07, 6.45) is 0.0899. The maximum Gasteiger partial charge on any atom is 0.308 e. The molecule has 0 saturated carbocycles. The second-order valence-electron chi connectivity index (χ2n) is 4.82. The average Bonchev–Trinajstić information content (AvgIpc) is 2.41. The number of nitrogens with one attached hydrogen (secondary N) is 1. The van der Waals surface area contributed by atoms with Crippen LogP contribution in [0.1, 0.15) is 26.3 Å². The van der Waals surface area contributed by atoms with Crippen LogP contribution < -0.4 is 10.1 Å². The molecule has 2 unspecified atom stereocenters. The zero-order chi connectivity index (χ0) is 16.0. The Bertz CT molecular complexity index is 518. The first-order chi connectivity index (χ1) is 9.86. The summed E-state index contributed by atoms with van der Waals surface area (Å²) in [6.45, 7) is 5.50. The van der Waals surface area contributed by atoms with Crippen LogP contribution in [0.2, 0.25) is 5.02 Å². The SMILES string of the molecule is CCOc1c(Cl)cccc1CC(=O)NC(C)C(C)C(=O)O. The van der Waals surface area contributed by atoms with Gasteiger partial charge < -0.3 is 15.2 Å². The predicted molar refractivity (Wildman–Crippen MR) is 80.7 cm³/mol. The summed E-state index contributed by atoms with van der Waals surface area (Å²) in [5.41, 5.74) is 0.678. The molecule has 1 rings (SSSR count). The third-order valence-electron chi connectivity index (χ3n) is 3.22. The third-order valence-corrected chi connectivity index (χ3v) is 3.51. The van der Waals surface area contributed by atoms with Gasteiger partial charge in [-0.25, -0.2) is 0 Å². The first-order valence-corrected chi connectivity index (χ1v) is 7.17. The van der Waals surface area contributed by atoms with E-state index in [1.807, 2.05) is 6.92 Å². The van der Waals surface area contributed by atoms with Gasteiger partial charge in [-0.2, -0.15) is 0 Å². The van der Waals surface area contributed by atoms with E-state index in [1.54, 1.807) is 32.0 Å². The maximum absolute atomic E-state index is 12.0. The summed E-state index contributed by atoms with van der Waals surface area (Å²) in [5.74, 6) is -1.37. The lowest BCUT2D eigenvalue weighted by Crippen LogP contribution is -2.40. The highest BCUT2D eigenvalue weighted by Gasteiger charge is 2.21. The number of carbonyl (C=O) groups excluding carboxylic acids is 1. The van der Waals surface area contributed by atoms with Crippen molar-refractivity contribution in [3.05, 3.63) is 28.8 Å². The van der Waals surface area contributed by atoms with Gasteiger partial charge in [0.2, 0.25) is 5.91 Å². The van der Waals surface area contributed by atoms with Crippen molar-refractivity contribution >= 4 is 23.5 Å². The highest BCUT2D eigenvalue weighted by molar-refractivity contribution is 6.32. The molecule has 0 radical (unpaired) electrons. The lowest BCUT2D eigenvalue weighted by molar-refractivity contribution is -0.142. The van der Waals surface area contributed by atoms with Crippen LogP contribution in [0, 0.1) is 5.92 Å². The second-order valence-corrected chi connectivity index (χ2v) is 5.23. The molecular formula is C15H20ClNO4. The van der Waals surface area contributed by atoms with Gasteiger partial charge in [0.1, 0.15) is 5.75 Å². The molecule has 1 aromatic carbocycles. The van der Waals surface area contributed by atoms with Crippen LogP contribution in [-0.4, -0.2) is 29.6 Å². The van der Waals surface area contributed by atoms with Gasteiger partial charge in [0.05, 0.1) is 24.0 Å². The fraction of sp³-hybridized carbons (Fsp3) is 0.467. The monoisotopic (exact) mass is 313 g/mol.